The second-order valence-electron chi connectivity index (χ2n) is 5.24. The number of rotatable bonds is 2. The van der Waals surface area contributed by atoms with E-state index in [1.165, 1.54) is 30.4 Å². The fraction of sp³-hybridized carbons (Fsp3) is 0.235. The van der Waals surface area contributed by atoms with Crippen molar-refractivity contribution in [1.82, 2.24) is 0 Å². The second-order valence-corrected chi connectivity index (χ2v) is 6.08. The van der Waals surface area contributed by atoms with E-state index in [0.29, 0.717) is 10.1 Å². The molecule has 3 rings (SSSR count). The molecule has 2 aromatic rings. The van der Waals surface area contributed by atoms with E-state index in [-0.39, 0.29) is 0 Å². The van der Waals surface area contributed by atoms with E-state index >= 15 is 0 Å². The standard InChI is InChI=1S/C17H17ClN2S/c18-13-7-4-8-14(11-13)19-17(21)20-16-10-3-6-12-5-1-2-9-15(12)16/h3-4,6-8,10-11H,1-2,5,9H2,(H2,19,20,21). The Balaban J connectivity index is 1.73. The summed E-state index contributed by atoms with van der Waals surface area (Å²) < 4.78 is 0. The molecule has 21 heavy (non-hydrogen) atoms. The van der Waals surface area contributed by atoms with Gasteiger partial charge in [0.25, 0.3) is 0 Å². The van der Waals surface area contributed by atoms with Gasteiger partial charge in [-0.1, -0.05) is 29.8 Å². The quantitative estimate of drug-likeness (QED) is 0.760. The Kier molecular flexibility index (Phi) is 4.42. The molecule has 0 aliphatic heterocycles. The average Bonchev–Trinajstić information content (AvgIpc) is 2.47. The molecule has 1 aliphatic carbocycles. The average molecular weight is 317 g/mol. The Hall–Kier alpha value is -1.58. The lowest BCUT2D eigenvalue weighted by Crippen LogP contribution is -2.20. The summed E-state index contributed by atoms with van der Waals surface area (Å²) in [5.74, 6) is 0. The number of halogens is 1. The summed E-state index contributed by atoms with van der Waals surface area (Å²) >= 11 is 11.4. The molecule has 0 amide bonds. The van der Waals surface area contributed by atoms with Crippen LogP contribution in [0.15, 0.2) is 42.5 Å². The van der Waals surface area contributed by atoms with Gasteiger partial charge in [-0.3, -0.25) is 0 Å². The fourth-order valence-corrected chi connectivity index (χ4v) is 3.17. The third kappa shape index (κ3) is 3.55. The van der Waals surface area contributed by atoms with Crippen LogP contribution in [-0.4, -0.2) is 5.11 Å². The molecule has 2 aromatic carbocycles. The highest BCUT2D eigenvalue weighted by molar-refractivity contribution is 7.80. The van der Waals surface area contributed by atoms with Gasteiger partial charge < -0.3 is 10.6 Å². The number of fused-ring (bicyclic) bond motifs is 1. The van der Waals surface area contributed by atoms with Gasteiger partial charge in [0.05, 0.1) is 0 Å². The van der Waals surface area contributed by atoms with Crippen molar-refractivity contribution in [2.24, 2.45) is 0 Å². The van der Waals surface area contributed by atoms with E-state index in [1.807, 2.05) is 24.3 Å². The number of thiocarbonyl (C=S) groups is 1. The van der Waals surface area contributed by atoms with Crippen molar-refractivity contribution in [1.29, 1.82) is 0 Å². The minimum Gasteiger partial charge on any atom is -0.332 e. The molecule has 0 bridgehead atoms. The molecule has 0 heterocycles. The zero-order valence-corrected chi connectivity index (χ0v) is 13.2. The molecule has 1 aliphatic rings. The van der Waals surface area contributed by atoms with Crippen LogP contribution in [0.3, 0.4) is 0 Å². The normalized spacial score (nSPS) is 13.4. The third-order valence-corrected chi connectivity index (χ3v) is 4.17. The van der Waals surface area contributed by atoms with Gasteiger partial charge in [0.1, 0.15) is 0 Å². The zero-order chi connectivity index (χ0) is 14.7. The zero-order valence-electron chi connectivity index (χ0n) is 11.7. The molecule has 0 radical (unpaired) electrons. The first-order valence-corrected chi connectivity index (χ1v) is 7.95. The molecule has 0 unspecified atom stereocenters. The van der Waals surface area contributed by atoms with Crippen molar-refractivity contribution < 1.29 is 0 Å². The summed E-state index contributed by atoms with van der Waals surface area (Å²) in [5, 5.41) is 7.78. The van der Waals surface area contributed by atoms with Gasteiger partial charge in [-0.25, -0.2) is 0 Å². The molecule has 2 nitrogen and oxygen atoms in total. The molecule has 4 heteroatoms. The first-order chi connectivity index (χ1) is 10.2. The Morgan fingerprint density at radius 2 is 1.81 bits per heavy atom. The van der Waals surface area contributed by atoms with Crippen molar-refractivity contribution in [3.8, 4) is 0 Å². The van der Waals surface area contributed by atoms with Crippen LogP contribution in [0.5, 0.6) is 0 Å². The van der Waals surface area contributed by atoms with E-state index in [1.54, 1.807) is 0 Å². The Morgan fingerprint density at radius 1 is 1.00 bits per heavy atom. The van der Waals surface area contributed by atoms with Crippen molar-refractivity contribution in [3.05, 3.63) is 58.6 Å². The molecule has 108 valence electrons. The van der Waals surface area contributed by atoms with Crippen LogP contribution in [0.1, 0.15) is 24.0 Å². The van der Waals surface area contributed by atoms with Crippen LogP contribution in [0.2, 0.25) is 5.02 Å². The summed E-state index contributed by atoms with van der Waals surface area (Å²) in [7, 11) is 0. The van der Waals surface area contributed by atoms with E-state index < -0.39 is 0 Å². The molecule has 0 spiro atoms. The highest BCUT2D eigenvalue weighted by Gasteiger charge is 2.13. The van der Waals surface area contributed by atoms with Crippen LogP contribution in [0, 0.1) is 0 Å². The predicted octanol–water partition coefficient (Wildman–Crippen LogP) is 5.03. The third-order valence-electron chi connectivity index (χ3n) is 3.73. The topological polar surface area (TPSA) is 24.1 Å². The maximum Gasteiger partial charge on any atom is 0.175 e. The lowest BCUT2D eigenvalue weighted by molar-refractivity contribution is 0.687. The van der Waals surface area contributed by atoms with Gasteiger partial charge in [-0.2, -0.15) is 0 Å². The van der Waals surface area contributed by atoms with E-state index in [9.17, 15) is 0 Å². The first-order valence-electron chi connectivity index (χ1n) is 7.17. The van der Waals surface area contributed by atoms with Gasteiger partial charge >= 0.3 is 0 Å². The molecule has 0 fully saturated rings. The SMILES string of the molecule is S=C(Nc1cccc(Cl)c1)Nc1cccc2c1CCCC2. The van der Waals surface area contributed by atoms with Crippen molar-refractivity contribution >= 4 is 40.3 Å². The molecule has 0 saturated carbocycles. The lowest BCUT2D eigenvalue weighted by Gasteiger charge is -2.20. The van der Waals surface area contributed by atoms with Gasteiger partial charge in [-0.05, 0) is 73.3 Å². The molecular formula is C17H17ClN2S. The number of nitrogens with one attached hydrogen (secondary N) is 2. The number of anilines is 2. The van der Waals surface area contributed by atoms with Gasteiger partial charge in [0, 0.05) is 16.4 Å². The summed E-state index contributed by atoms with van der Waals surface area (Å²) in [4.78, 5) is 0. The minimum atomic E-state index is 0.594. The van der Waals surface area contributed by atoms with Gasteiger partial charge in [-0.15, -0.1) is 0 Å². The van der Waals surface area contributed by atoms with Crippen LogP contribution < -0.4 is 10.6 Å². The number of aryl methyl sites for hydroxylation is 1. The monoisotopic (exact) mass is 316 g/mol. The molecule has 0 atom stereocenters. The van der Waals surface area contributed by atoms with Gasteiger partial charge in [0.2, 0.25) is 0 Å². The molecule has 0 aromatic heterocycles. The number of benzene rings is 2. The van der Waals surface area contributed by atoms with E-state index in [0.717, 1.165) is 17.8 Å². The summed E-state index contributed by atoms with van der Waals surface area (Å²) in [6, 6.07) is 13.9. The molecule has 2 N–H and O–H groups in total. The van der Waals surface area contributed by atoms with Crippen molar-refractivity contribution in [2.45, 2.75) is 25.7 Å². The van der Waals surface area contributed by atoms with Crippen LogP contribution >= 0.6 is 23.8 Å². The fourth-order valence-electron chi connectivity index (χ4n) is 2.75. The van der Waals surface area contributed by atoms with Crippen molar-refractivity contribution in [3.63, 3.8) is 0 Å². The summed E-state index contributed by atoms with van der Waals surface area (Å²) in [5.41, 5.74) is 4.85. The minimum absolute atomic E-state index is 0.594. The van der Waals surface area contributed by atoms with Gasteiger partial charge in [0.15, 0.2) is 5.11 Å². The number of hydrogen-bond donors (Lipinski definition) is 2. The maximum atomic E-state index is 5.98. The first kappa shape index (κ1) is 14.4. The number of hydrogen-bond acceptors (Lipinski definition) is 1. The van der Waals surface area contributed by atoms with Crippen molar-refractivity contribution in [2.75, 3.05) is 10.6 Å². The lowest BCUT2D eigenvalue weighted by atomic mass is 9.90. The highest BCUT2D eigenvalue weighted by atomic mass is 35.5. The van der Waals surface area contributed by atoms with Crippen LogP contribution in [-0.2, 0) is 12.8 Å². The smallest absolute Gasteiger partial charge is 0.175 e. The van der Waals surface area contributed by atoms with Crippen LogP contribution in [0.4, 0.5) is 11.4 Å². The Morgan fingerprint density at radius 3 is 2.67 bits per heavy atom. The maximum absolute atomic E-state index is 5.98. The Labute approximate surface area is 135 Å². The van der Waals surface area contributed by atoms with Crippen LogP contribution in [0.25, 0.3) is 0 Å². The Bertz CT molecular complexity index is 670. The second kappa shape index (κ2) is 6.46. The summed E-state index contributed by atoms with van der Waals surface area (Å²) in [6.45, 7) is 0. The summed E-state index contributed by atoms with van der Waals surface area (Å²) in [6.07, 6.45) is 4.82. The largest absolute Gasteiger partial charge is 0.332 e. The predicted molar refractivity (Wildman–Crippen MR) is 94.4 cm³/mol. The molecule has 0 saturated heterocycles. The van der Waals surface area contributed by atoms with E-state index in [2.05, 4.69) is 28.8 Å². The highest BCUT2D eigenvalue weighted by Crippen LogP contribution is 2.28. The van der Waals surface area contributed by atoms with E-state index in [4.69, 9.17) is 23.8 Å². The molecular weight excluding hydrogens is 300 g/mol.